The zero-order valence-electron chi connectivity index (χ0n) is 12.6. The van der Waals surface area contributed by atoms with E-state index in [2.05, 4.69) is 17.2 Å². The molecule has 0 aromatic carbocycles. The first-order chi connectivity index (χ1) is 10.1. The third-order valence-corrected chi connectivity index (χ3v) is 3.46. The summed E-state index contributed by atoms with van der Waals surface area (Å²) in [5.74, 6) is 5.71. The molecule has 0 radical (unpaired) electrons. The third-order valence-electron chi connectivity index (χ3n) is 2.62. The monoisotopic (exact) mass is 309 g/mol. The Kier molecular flexibility index (Phi) is 8.76. The van der Waals surface area contributed by atoms with Crippen LogP contribution in [0.1, 0.15) is 48.3 Å². The highest BCUT2D eigenvalue weighted by Crippen LogP contribution is 2.13. The lowest BCUT2D eigenvalue weighted by Crippen LogP contribution is -2.24. The van der Waals surface area contributed by atoms with E-state index in [1.54, 1.807) is 11.4 Å². The lowest BCUT2D eigenvalue weighted by molar-refractivity contribution is 0.0754. The molecule has 21 heavy (non-hydrogen) atoms. The third kappa shape index (κ3) is 7.86. The van der Waals surface area contributed by atoms with E-state index in [-0.39, 0.29) is 18.6 Å². The highest BCUT2D eigenvalue weighted by Gasteiger charge is 2.07. The number of amides is 1. The number of unbranched alkanes of at least 4 members (excludes halogenated alkanes) is 1. The minimum absolute atomic E-state index is 0.0617. The standard InChI is InChI=1S/C16H23NO3S/c1-13(2)20-10-6-4-8-17-16(19)14-11-15(21-12-14)7-3-5-9-18/h11-13,18H,4-6,8-10H2,1-2H3,(H,17,19). The highest BCUT2D eigenvalue weighted by molar-refractivity contribution is 7.10. The van der Waals surface area contributed by atoms with Crippen molar-refractivity contribution < 1.29 is 14.6 Å². The first-order valence-corrected chi connectivity index (χ1v) is 8.09. The molecule has 0 aliphatic carbocycles. The predicted molar refractivity (Wildman–Crippen MR) is 85.6 cm³/mol. The first kappa shape index (κ1) is 17.7. The van der Waals surface area contributed by atoms with Gasteiger partial charge in [-0.05, 0) is 32.8 Å². The largest absolute Gasteiger partial charge is 0.395 e. The van der Waals surface area contributed by atoms with Gasteiger partial charge in [0.15, 0.2) is 0 Å². The number of rotatable bonds is 8. The van der Waals surface area contributed by atoms with Crippen molar-refractivity contribution in [3.8, 4) is 11.8 Å². The van der Waals surface area contributed by atoms with E-state index in [1.807, 2.05) is 13.8 Å². The summed E-state index contributed by atoms with van der Waals surface area (Å²) in [5, 5.41) is 13.4. The van der Waals surface area contributed by atoms with Gasteiger partial charge in [-0.25, -0.2) is 0 Å². The van der Waals surface area contributed by atoms with E-state index in [0.29, 0.717) is 18.5 Å². The summed E-state index contributed by atoms with van der Waals surface area (Å²) < 4.78 is 5.44. The molecule has 1 aromatic heterocycles. The Morgan fingerprint density at radius 3 is 3.00 bits per heavy atom. The zero-order chi connectivity index (χ0) is 15.5. The van der Waals surface area contributed by atoms with Gasteiger partial charge in [-0.15, -0.1) is 11.3 Å². The van der Waals surface area contributed by atoms with Crippen molar-refractivity contribution in [2.45, 2.75) is 39.2 Å². The number of carbonyl (C=O) groups excluding carboxylic acids is 1. The van der Waals surface area contributed by atoms with Crippen LogP contribution in [0, 0.1) is 11.8 Å². The number of thiophene rings is 1. The molecule has 0 fully saturated rings. The molecule has 0 unspecified atom stereocenters. The summed E-state index contributed by atoms with van der Waals surface area (Å²) in [4.78, 5) is 12.8. The average molecular weight is 309 g/mol. The van der Waals surface area contributed by atoms with Gasteiger partial charge in [-0.1, -0.05) is 11.8 Å². The lowest BCUT2D eigenvalue weighted by Gasteiger charge is -2.07. The molecule has 0 saturated heterocycles. The quantitative estimate of drug-likeness (QED) is 0.573. The molecule has 0 bridgehead atoms. The second-order valence-electron chi connectivity index (χ2n) is 4.86. The van der Waals surface area contributed by atoms with E-state index >= 15 is 0 Å². The van der Waals surface area contributed by atoms with Crippen LogP contribution in [0.5, 0.6) is 0 Å². The number of aliphatic hydroxyl groups excluding tert-OH is 1. The molecular weight excluding hydrogens is 286 g/mol. The molecule has 1 heterocycles. The fraction of sp³-hybridized carbons (Fsp3) is 0.562. The second-order valence-corrected chi connectivity index (χ2v) is 5.77. The molecular formula is C16H23NO3S. The number of aliphatic hydroxyl groups is 1. The summed E-state index contributed by atoms with van der Waals surface area (Å²) >= 11 is 1.44. The second kappa shape index (κ2) is 10.4. The molecule has 2 N–H and O–H groups in total. The van der Waals surface area contributed by atoms with Crippen molar-refractivity contribution in [3.05, 3.63) is 21.9 Å². The maximum atomic E-state index is 11.9. The van der Waals surface area contributed by atoms with Crippen molar-refractivity contribution >= 4 is 17.2 Å². The lowest BCUT2D eigenvalue weighted by atomic mass is 10.2. The highest BCUT2D eigenvalue weighted by atomic mass is 32.1. The van der Waals surface area contributed by atoms with Gasteiger partial charge < -0.3 is 15.2 Å². The average Bonchev–Trinajstić information content (AvgIpc) is 2.91. The van der Waals surface area contributed by atoms with Crippen molar-refractivity contribution in [1.29, 1.82) is 0 Å². The van der Waals surface area contributed by atoms with Gasteiger partial charge in [0.05, 0.1) is 23.2 Å². The molecule has 4 nitrogen and oxygen atoms in total. The predicted octanol–water partition coefficient (Wildman–Crippen LogP) is 2.42. The van der Waals surface area contributed by atoms with Crippen LogP contribution in [-0.4, -0.2) is 36.9 Å². The summed E-state index contributed by atoms with van der Waals surface area (Å²) in [6.45, 7) is 5.48. The molecule has 0 saturated carbocycles. The Labute approximate surface area is 130 Å². The molecule has 0 spiro atoms. The fourth-order valence-electron chi connectivity index (χ4n) is 1.58. The fourth-order valence-corrected chi connectivity index (χ4v) is 2.33. The van der Waals surface area contributed by atoms with Gasteiger partial charge in [0.2, 0.25) is 0 Å². The van der Waals surface area contributed by atoms with Crippen LogP contribution in [0.15, 0.2) is 11.4 Å². The van der Waals surface area contributed by atoms with Crippen LogP contribution in [0.2, 0.25) is 0 Å². The number of hydrogen-bond donors (Lipinski definition) is 2. The van der Waals surface area contributed by atoms with Gasteiger partial charge >= 0.3 is 0 Å². The number of nitrogens with one attached hydrogen (secondary N) is 1. The smallest absolute Gasteiger partial charge is 0.252 e. The minimum atomic E-state index is -0.0637. The number of ether oxygens (including phenoxy) is 1. The Morgan fingerprint density at radius 1 is 1.48 bits per heavy atom. The molecule has 1 amide bonds. The Bertz CT molecular complexity index is 485. The van der Waals surface area contributed by atoms with Crippen molar-refractivity contribution in [3.63, 3.8) is 0 Å². The van der Waals surface area contributed by atoms with Gasteiger partial charge in [0.25, 0.3) is 5.91 Å². The van der Waals surface area contributed by atoms with E-state index in [9.17, 15) is 4.79 Å². The Hall–Kier alpha value is -1.35. The van der Waals surface area contributed by atoms with Crippen LogP contribution in [0.25, 0.3) is 0 Å². The van der Waals surface area contributed by atoms with E-state index in [1.165, 1.54) is 11.3 Å². The molecule has 116 valence electrons. The van der Waals surface area contributed by atoms with E-state index in [0.717, 1.165) is 24.3 Å². The number of hydrogen-bond acceptors (Lipinski definition) is 4. The Morgan fingerprint density at radius 2 is 2.29 bits per heavy atom. The SMILES string of the molecule is CC(C)OCCCCNC(=O)c1csc(C#CCCO)c1. The van der Waals surface area contributed by atoms with Crippen molar-refractivity contribution in [2.24, 2.45) is 0 Å². The minimum Gasteiger partial charge on any atom is -0.395 e. The summed E-state index contributed by atoms with van der Waals surface area (Å²) in [5.41, 5.74) is 0.645. The Balaban J connectivity index is 2.25. The molecule has 0 atom stereocenters. The van der Waals surface area contributed by atoms with Crippen LogP contribution in [0.3, 0.4) is 0 Å². The van der Waals surface area contributed by atoms with Crippen LogP contribution in [-0.2, 0) is 4.74 Å². The molecule has 0 aliphatic heterocycles. The van der Waals surface area contributed by atoms with Crippen LogP contribution >= 0.6 is 11.3 Å². The first-order valence-electron chi connectivity index (χ1n) is 7.21. The summed E-state index contributed by atoms with van der Waals surface area (Å²) in [6.07, 6.45) is 2.57. The van der Waals surface area contributed by atoms with Gasteiger partial charge in [0, 0.05) is 25.0 Å². The van der Waals surface area contributed by atoms with E-state index < -0.39 is 0 Å². The maximum absolute atomic E-state index is 11.9. The van der Waals surface area contributed by atoms with Gasteiger partial charge in [-0.2, -0.15) is 0 Å². The van der Waals surface area contributed by atoms with E-state index in [4.69, 9.17) is 9.84 Å². The topological polar surface area (TPSA) is 58.6 Å². The van der Waals surface area contributed by atoms with Crippen LogP contribution < -0.4 is 5.32 Å². The molecule has 1 rings (SSSR count). The molecule has 0 aliphatic rings. The molecule has 5 heteroatoms. The summed E-state index contributed by atoms with van der Waals surface area (Å²) in [7, 11) is 0. The normalized spacial score (nSPS) is 10.3. The van der Waals surface area contributed by atoms with Gasteiger partial charge in [0.1, 0.15) is 0 Å². The summed E-state index contributed by atoms with van der Waals surface area (Å²) in [6, 6.07) is 1.78. The van der Waals surface area contributed by atoms with Crippen molar-refractivity contribution in [2.75, 3.05) is 19.8 Å². The van der Waals surface area contributed by atoms with Crippen LogP contribution in [0.4, 0.5) is 0 Å². The zero-order valence-corrected chi connectivity index (χ0v) is 13.5. The molecule has 1 aromatic rings. The van der Waals surface area contributed by atoms with Gasteiger partial charge in [-0.3, -0.25) is 4.79 Å². The maximum Gasteiger partial charge on any atom is 0.252 e. The number of carbonyl (C=O) groups is 1. The van der Waals surface area contributed by atoms with Crippen molar-refractivity contribution in [1.82, 2.24) is 5.32 Å².